The first-order valence-electron chi connectivity index (χ1n) is 8.29. The Morgan fingerprint density at radius 1 is 1.11 bits per heavy atom. The lowest BCUT2D eigenvalue weighted by Crippen LogP contribution is -2.27. The summed E-state index contributed by atoms with van der Waals surface area (Å²) in [5, 5.41) is 2.65. The Morgan fingerprint density at radius 2 is 1.89 bits per heavy atom. The molecule has 3 rings (SSSR count). The van der Waals surface area contributed by atoms with Gasteiger partial charge < -0.3 is 19.5 Å². The van der Waals surface area contributed by atoms with Gasteiger partial charge in [0.1, 0.15) is 13.2 Å². The van der Waals surface area contributed by atoms with E-state index in [1.165, 1.54) is 25.3 Å². The molecule has 1 aliphatic heterocycles. The van der Waals surface area contributed by atoms with Crippen LogP contribution in [0.25, 0.3) is 0 Å². The minimum absolute atomic E-state index is 0.0169. The molecule has 2 aromatic rings. The topological polar surface area (TPSA) is 103 Å². The zero-order chi connectivity index (χ0) is 19.3. The van der Waals surface area contributed by atoms with Crippen LogP contribution in [-0.4, -0.2) is 47.8 Å². The average molecular weight is 392 g/mol. The highest BCUT2D eigenvalue weighted by Gasteiger charge is 2.18. The van der Waals surface area contributed by atoms with Crippen LogP contribution < -0.4 is 19.5 Å². The van der Waals surface area contributed by atoms with Crippen molar-refractivity contribution in [2.45, 2.75) is 4.90 Å². The number of amides is 1. The van der Waals surface area contributed by atoms with E-state index < -0.39 is 10.0 Å². The summed E-state index contributed by atoms with van der Waals surface area (Å²) >= 11 is 0. The molecule has 0 aliphatic carbocycles. The molecule has 0 atom stereocenters. The molecule has 1 amide bonds. The van der Waals surface area contributed by atoms with Crippen LogP contribution in [-0.2, 0) is 14.8 Å². The molecular formula is C18H20N2O6S. The van der Waals surface area contributed by atoms with Crippen molar-refractivity contribution >= 4 is 21.6 Å². The number of hydrogen-bond acceptors (Lipinski definition) is 6. The predicted octanol–water partition coefficient (Wildman–Crippen LogP) is 1.63. The monoisotopic (exact) mass is 392 g/mol. The Bertz CT molecular complexity index is 929. The lowest BCUT2D eigenvalue weighted by Gasteiger charge is -2.19. The van der Waals surface area contributed by atoms with Crippen LogP contribution in [0.15, 0.2) is 47.4 Å². The Labute approximate surface area is 157 Å². The van der Waals surface area contributed by atoms with Crippen molar-refractivity contribution in [3.05, 3.63) is 48.0 Å². The third-order valence-corrected chi connectivity index (χ3v) is 5.17. The molecule has 2 N–H and O–H groups in total. The summed E-state index contributed by atoms with van der Waals surface area (Å²) in [6, 6.07) is 10.6. The molecule has 1 heterocycles. The van der Waals surface area contributed by atoms with Crippen LogP contribution >= 0.6 is 0 Å². The maximum Gasteiger partial charge on any atom is 0.261 e. The van der Waals surface area contributed by atoms with Gasteiger partial charge in [-0.15, -0.1) is 0 Å². The first-order chi connectivity index (χ1) is 13.0. The minimum Gasteiger partial charge on any atom is -0.486 e. The predicted molar refractivity (Wildman–Crippen MR) is 98.9 cm³/mol. The van der Waals surface area contributed by atoms with Crippen LogP contribution in [0, 0.1) is 0 Å². The third kappa shape index (κ3) is 4.69. The van der Waals surface area contributed by atoms with E-state index in [0.717, 1.165) is 0 Å². The number of fused-ring (bicyclic) bond motifs is 1. The van der Waals surface area contributed by atoms with Gasteiger partial charge >= 0.3 is 0 Å². The van der Waals surface area contributed by atoms with Crippen molar-refractivity contribution < 1.29 is 27.4 Å². The highest BCUT2D eigenvalue weighted by molar-refractivity contribution is 7.92. The number of anilines is 1. The first kappa shape index (κ1) is 19.0. The Kier molecular flexibility index (Phi) is 5.82. The van der Waals surface area contributed by atoms with Gasteiger partial charge in [0, 0.05) is 25.3 Å². The quantitative estimate of drug-likeness (QED) is 0.695. The molecule has 9 heteroatoms. The molecule has 144 valence electrons. The number of carbonyl (C=O) groups is 1. The van der Waals surface area contributed by atoms with Crippen molar-refractivity contribution in [3.8, 4) is 11.5 Å². The number of hydrogen-bond donors (Lipinski definition) is 2. The van der Waals surface area contributed by atoms with E-state index in [4.69, 9.17) is 14.2 Å². The van der Waals surface area contributed by atoms with Crippen molar-refractivity contribution in [2.24, 2.45) is 0 Å². The van der Waals surface area contributed by atoms with Gasteiger partial charge in [0.15, 0.2) is 11.5 Å². The number of ether oxygens (including phenoxy) is 3. The maximum absolute atomic E-state index is 12.7. The zero-order valence-electron chi connectivity index (χ0n) is 14.7. The molecule has 0 bridgehead atoms. The summed E-state index contributed by atoms with van der Waals surface area (Å²) in [6.45, 7) is 1.57. The van der Waals surface area contributed by atoms with E-state index in [1.807, 2.05) is 0 Å². The van der Waals surface area contributed by atoms with Crippen LogP contribution in [0.5, 0.6) is 11.5 Å². The normalized spacial score (nSPS) is 13.1. The molecule has 0 saturated carbocycles. The van der Waals surface area contributed by atoms with E-state index >= 15 is 0 Å². The second kappa shape index (κ2) is 8.28. The van der Waals surface area contributed by atoms with Crippen molar-refractivity contribution in [2.75, 3.05) is 38.2 Å². The van der Waals surface area contributed by atoms with Gasteiger partial charge in [0.25, 0.3) is 15.9 Å². The van der Waals surface area contributed by atoms with Crippen LogP contribution in [0.1, 0.15) is 10.4 Å². The van der Waals surface area contributed by atoms with E-state index in [0.29, 0.717) is 43.6 Å². The second-order valence-electron chi connectivity index (χ2n) is 5.74. The Morgan fingerprint density at radius 3 is 2.67 bits per heavy atom. The van der Waals surface area contributed by atoms with Gasteiger partial charge in [-0.3, -0.25) is 9.52 Å². The molecule has 8 nitrogen and oxygen atoms in total. The Balaban J connectivity index is 1.77. The smallest absolute Gasteiger partial charge is 0.261 e. The van der Waals surface area contributed by atoms with Crippen LogP contribution in [0.2, 0.25) is 0 Å². The second-order valence-corrected chi connectivity index (χ2v) is 7.42. The number of benzene rings is 2. The van der Waals surface area contributed by atoms with Crippen LogP contribution in [0.4, 0.5) is 5.69 Å². The number of sulfonamides is 1. The Hall–Kier alpha value is -2.78. The molecule has 0 spiro atoms. The average Bonchev–Trinajstić information content (AvgIpc) is 2.68. The largest absolute Gasteiger partial charge is 0.486 e. The van der Waals surface area contributed by atoms with Gasteiger partial charge in [0.2, 0.25) is 0 Å². The summed E-state index contributed by atoms with van der Waals surface area (Å²) in [5.41, 5.74) is 0.588. The molecule has 0 unspecified atom stereocenters. The van der Waals surface area contributed by atoms with Gasteiger partial charge in [0.05, 0.1) is 17.2 Å². The molecular weight excluding hydrogens is 372 g/mol. The lowest BCUT2D eigenvalue weighted by atomic mass is 10.2. The fourth-order valence-corrected chi connectivity index (χ4v) is 3.59. The lowest BCUT2D eigenvalue weighted by molar-refractivity contribution is 0.0937. The van der Waals surface area contributed by atoms with Crippen molar-refractivity contribution in [1.82, 2.24) is 5.32 Å². The number of nitrogens with one attached hydrogen (secondary N) is 2. The number of carbonyl (C=O) groups excluding carboxylic acids is 1. The molecule has 0 aromatic heterocycles. The van der Waals surface area contributed by atoms with Crippen molar-refractivity contribution in [1.29, 1.82) is 0 Å². The van der Waals surface area contributed by atoms with E-state index in [2.05, 4.69) is 10.0 Å². The number of rotatable bonds is 7. The standard InChI is InChI=1S/C18H20N2O6S/c1-24-8-7-19-18(21)13-3-2-4-15(11-13)27(22,23)20-14-5-6-16-17(12-14)26-10-9-25-16/h2-6,11-12,20H,7-10H2,1H3,(H,19,21). The fraction of sp³-hybridized carbons (Fsp3) is 0.278. The molecule has 0 saturated heterocycles. The molecule has 1 aliphatic rings. The molecule has 2 aromatic carbocycles. The van der Waals surface area contributed by atoms with Gasteiger partial charge in [-0.25, -0.2) is 8.42 Å². The molecule has 0 fully saturated rings. The van der Waals surface area contributed by atoms with E-state index in [9.17, 15) is 13.2 Å². The van der Waals surface area contributed by atoms with Gasteiger partial charge in [-0.05, 0) is 30.3 Å². The third-order valence-electron chi connectivity index (χ3n) is 3.79. The maximum atomic E-state index is 12.7. The SMILES string of the molecule is COCCNC(=O)c1cccc(S(=O)(=O)Nc2ccc3c(c2)OCCO3)c1. The van der Waals surface area contributed by atoms with Gasteiger partial charge in [-0.2, -0.15) is 0 Å². The summed E-state index contributed by atoms with van der Waals surface area (Å²) in [6.07, 6.45) is 0. The van der Waals surface area contributed by atoms with E-state index in [1.54, 1.807) is 24.3 Å². The van der Waals surface area contributed by atoms with Crippen LogP contribution in [0.3, 0.4) is 0 Å². The fourth-order valence-electron chi connectivity index (χ4n) is 2.49. The van der Waals surface area contributed by atoms with Gasteiger partial charge in [-0.1, -0.05) is 6.07 Å². The highest BCUT2D eigenvalue weighted by Crippen LogP contribution is 2.33. The van der Waals surface area contributed by atoms with E-state index in [-0.39, 0.29) is 16.4 Å². The number of methoxy groups -OCH3 is 1. The highest BCUT2D eigenvalue weighted by atomic mass is 32.2. The minimum atomic E-state index is -3.87. The first-order valence-corrected chi connectivity index (χ1v) is 9.77. The summed E-state index contributed by atoms with van der Waals surface area (Å²) < 4.78 is 43.6. The summed E-state index contributed by atoms with van der Waals surface area (Å²) in [7, 11) is -2.34. The molecule has 27 heavy (non-hydrogen) atoms. The molecule has 0 radical (unpaired) electrons. The summed E-state index contributed by atoms with van der Waals surface area (Å²) in [4.78, 5) is 12.1. The zero-order valence-corrected chi connectivity index (χ0v) is 15.5. The summed E-state index contributed by atoms with van der Waals surface area (Å²) in [5.74, 6) is 0.676. The van der Waals surface area contributed by atoms with Crippen molar-refractivity contribution in [3.63, 3.8) is 0 Å².